The zero-order valence-electron chi connectivity index (χ0n) is 14.4. The molecule has 1 atom stereocenters. The molecule has 3 nitrogen and oxygen atoms in total. The first kappa shape index (κ1) is 21.9. The largest absolute Gasteiger partial charge is 0.410 e. The van der Waals surface area contributed by atoms with Gasteiger partial charge in [-0.3, -0.25) is 4.18 Å². The van der Waals surface area contributed by atoms with E-state index in [1.807, 2.05) is 30.3 Å². The number of alkyl halides is 3. The van der Waals surface area contributed by atoms with Crippen LogP contribution in [0.25, 0.3) is 0 Å². The van der Waals surface area contributed by atoms with Gasteiger partial charge < -0.3 is 0 Å². The first-order chi connectivity index (χ1) is 12.6. The van der Waals surface area contributed by atoms with E-state index in [1.165, 1.54) is 34.7 Å². The maximum absolute atomic E-state index is 12.7. The quantitative estimate of drug-likeness (QED) is 0.361. The Labute approximate surface area is 170 Å². The minimum Gasteiger partial charge on any atom is -0.258 e. The topological polar surface area (TPSA) is 43.4 Å². The zero-order valence-corrected chi connectivity index (χ0v) is 17.4. The van der Waals surface area contributed by atoms with E-state index in [0.717, 1.165) is 11.1 Å². The maximum Gasteiger partial charge on any atom is 0.410 e. The van der Waals surface area contributed by atoms with Gasteiger partial charge in [-0.25, -0.2) is 0 Å². The lowest BCUT2D eigenvalue weighted by Crippen LogP contribution is -2.21. The highest BCUT2D eigenvalue weighted by Crippen LogP contribution is 2.29. The Morgan fingerprint density at radius 2 is 1.70 bits per heavy atom. The second-order valence-corrected chi connectivity index (χ2v) is 8.76. The van der Waals surface area contributed by atoms with Crippen molar-refractivity contribution in [1.82, 2.24) is 0 Å². The zero-order chi connectivity index (χ0) is 20.1. The van der Waals surface area contributed by atoms with Gasteiger partial charge >= 0.3 is 6.18 Å². The summed E-state index contributed by atoms with van der Waals surface area (Å²) >= 11 is 1.49. The van der Waals surface area contributed by atoms with E-state index >= 15 is 0 Å². The van der Waals surface area contributed by atoms with Crippen LogP contribution >= 0.6 is 22.6 Å². The van der Waals surface area contributed by atoms with Crippen molar-refractivity contribution in [2.75, 3.05) is 0 Å². The number of halogens is 4. The van der Waals surface area contributed by atoms with Crippen LogP contribution in [0.1, 0.15) is 17.5 Å². The van der Waals surface area contributed by atoms with Gasteiger partial charge in [0.2, 0.25) is 0 Å². The van der Waals surface area contributed by atoms with Gasteiger partial charge in [0, 0.05) is 9.66 Å². The Bertz CT molecular complexity index is 877. The molecule has 0 fully saturated rings. The lowest BCUT2D eigenvalue weighted by atomic mass is 10.1. The molecule has 146 valence electrons. The molecular formula is C19H18F3IO3S. The number of aryl methyl sites for hydroxylation is 2. The molecule has 0 aliphatic rings. The summed E-state index contributed by atoms with van der Waals surface area (Å²) in [4.78, 5) is -0.0889. The first-order valence-corrected chi connectivity index (χ1v) is 10.5. The highest BCUT2D eigenvalue weighted by atomic mass is 127. The Balaban J connectivity index is 2.25. The summed E-state index contributed by atoms with van der Waals surface area (Å²) < 4.78 is 68.2. The summed E-state index contributed by atoms with van der Waals surface area (Å²) in [5.74, 6) is 0. The molecule has 0 spiro atoms. The van der Waals surface area contributed by atoms with Gasteiger partial charge in [-0.15, -0.1) is 0 Å². The minimum absolute atomic E-state index is 0.0773. The first-order valence-electron chi connectivity index (χ1n) is 8.06. The van der Waals surface area contributed by atoms with Crippen molar-refractivity contribution in [3.8, 4) is 0 Å². The molecule has 27 heavy (non-hydrogen) atoms. The molecule has 0 saturated heterocycles. The monoisotopic (exact) mass is 510 g/mol. The third-order valence-corrected chi connectivity index (χ3v) is 6.04. The fourth-order valence-electron chi connectivity index (χ4n) is 2.34. The summed E-state index contributed by atoms with van der Waals surface area (Å²) in [6.45, 7) is 1.80. The van der Waals surface area contributed by atoms with Crippen molar-refractivity contribution < 1.29 is 25.8 Å². The molecule has 0 N–H and O–H groups in total. The molecule has 8 heteroatoms. The van der Waals surface area contributed by atoms with Gasteiger partial charge in [0.25, 0.3) is 10.1 Å². The number of hydrogen-bond acceptors (Lipinski definition) is 3. The third-order valence-electron chi connectivity index (χ3n) is 3.70. The van der Waals surface area contributed by atoms with E-state index in [4.69, 9.17) is 4.18 Å². The number of allylic oxidation sites excluding steroid dienone is 1. The molecule has 0 aromatic heterocycles. The molecule has 2 rings (SSSR count). The van der Waals surface area contributed by atoms with Gasteiger partial charge in [-0.05, 0) is 60.1 Å². The molecule has 2 aromatic rings. The molecule has 2 aromatic carbocycles. The molecule has 0 aliphatic heterocycles. The Kier molecular flexibility index (Phi) is 7.47. The Morgan fingerprint density at radius 1 is 1.11 bits per heavy atom. The smallest absolute Gasteiger partial charge is 0.258 e. The highest BCUT2D eigenvalue weighted by molar-refractivity contribution is 14.1. The van der Waals surface area contributed by atoms with E-state index in [9.17, 15) is 21.6 Å². The summed E-state index contributed by atoms with van der Waals surface area (Å²) in [7, 11) is -4.19. The van der Waals surface area contributed by atoms with Crippen molar-refractivity contribution in [2.45, 2.75) is 36.9 Å². The number of rotatable bonds is 7. The van der Waals surface area contributed by atoms with Crippen LogP contribution < -0.4 is 0 Å². The summed E-state index contributed by atoms with van der Waals surface area (Å²) in [5, 5.41) is 0. The second-order valence-electron chi connectivity index (χ2n) is 5.95. The summed E-state index contributed by atoms with van der Waals surface area (Å²) in [6, 6.07) is 15.1. The SMILES string of the molecule is Cc1ccc(S(=O)(=O)OC(CCc2ccccc2)/C(I)=C/C(F)(F)F)cc1. The highest BCUT2D eigenvalue weighted by Gasteiger charge is 2.29. The van der Waals surface area contributed by atoms with E-state index in [-0.39, 0.29) is 21.0 Å². The minimum atomic E-state index is -4.56. The van der Waals surface area contributed by atoms with Crippen LogP contribution in [0.4, 0.5) is 13.2 Å². The van der Waals surface area contributed by atoms with Gasteiger partial charge in [0.15, 0.2) is 0 Å². The van der Waals surface area contributed by atoms with Crippen molar-refractivity contribution in [2.24, 2.45) is 0 Å². The molecule has 0 heterocycles. The molecule has 0 bridgehead atoms. The fraction of sp³-hybridized carbons (Fsp3) is 0.263. The maximum atomic E-state index is 12.7. The van der Waals surface area contributed by atoms with Gasteiger partial charge in [0.05, 0.1) is 4.90 Å². The van der Waals surface area contributed by atoms with Crippen LogP contribution in [-0.4, -0.2) is 20.7 Å². The van der Waals surface area contributed by atoms with E-state index < -0.39 is 22.4 Å². The predicted molar refractivity (Wildman–Crippen MR) is 106 cm³/mol. The molecule has 0 amide bonds. The van der Waals surface area contributed by atoms with Crippen molar-refractivity contribution in [1.29, 1.82) is 0 Å². The molecule has 0 aliphatic carbocycles. The predicted octanol–water partition coefficient (Wildman–Crippen LogP) is 5.58. The van der Waals surface area contributed by atoms with Crippen molar-refractivity contribution in [3.63, 3.8) is 0 Å². The molecule has 0 saturated carbocycles. The average Bonchev–Trinajstić information content (AvgIpc) is 2.58. The van der Waals surface area contributed by atoms with Gasteiger partial charge in [0.1, 0.15) is 6.10 Å². The third kappa shape index (κ3) is 7.27. The standard InChI is InChI=1S/C19H18F3IO3S/c1-14-7-10-16(11-8-14)27(24,25)26-18(17(23)13-19(20,21)22)12-9-15-5-3-2-4-6-15/h2-8,10-11,13,18H,9,12H2,1H3/b17-13-. The van der Waals surface area contributed by atoms with Gasteiger partial charge in [-0.1, -0.05) is 48.0 Å². The van der Waals surface area contributed by atoms with E-state index in [0.29, 0.717) is 6.42 Å². The fourth-order valence-corrected chi connectivity index (χ4v) is 4.39. The second kappa shape index (κ2) is 9.20. The normalized spacial score (nSPS) is 14.2. The van der Waals surface area contributed by atoms with Crippen LogP contribution in [-0.2, 0) is 20.7 Å². The molecular weight excluding hydrogens is 492 g/mol. The van der Waals surface area contributed by atoms with E-state index in [1.54, 1.807) is 19.1 Å². The van der Waals surface area contributed by atoms with Crippen molar-refractivity contribution in [3.05, 3.63) is 75.4 Å². The lowest BCUT2D eigenvalue weighted by Gasteiger charge is -2.18. The van der Waals surface area contributed by atoms with Crippen LogP contribution in [0.3, 0.4) is 0 Å². The number of hydrogen-bond donors (Lipinski definition) is 0. The van der Waals surface area contributed by atoms with Crippen LogP contribution in [0.15, 0.2) is 69.1 Å². The number of benzene rings is 2. The average molecular weight is 510 g/mol. The summed E-state index contributed by atoms with van der Waals surface area (Å²) in [6.07, 6.45) is -5.22. The van der Waals surface area contributed by atoms with Crippen LogP contribution in [0, 0.1) is 6.92 Å². The summed E-state index contributed by atoms with van der Waals surface area (Å²) in [5.41, 5.74) is 1.75. The van der Waals surface area contributed by atoms with E-state index in [2.05, 4.69) is 0 Å². The Morgan fingerprint density at radius 3 is 2.26 bits per heavy atom. The molecule has 1 unspecified atom stereocenters. The van der Waals surface area contributed by atoms with Crippen LogP contribution in [0.5, 0.6) is 0 Å². The molecule has 0 radical (unpaired) electrons. The van der Waals surface area contributed by atoms with Crippen LogP contribution in [0.2, 0.25) is 0 Å². The van der Waals surface area contributed by atoms with Gasteiger partial charge in [-0.2, -0.15) is 21.6 Å². The van der Waals surface area contributed by atoms with Crippen molar-refractivity contribution >= 4 is 32.7 Å². The lowest BCUT2D eigenvalue weighted by molar-refractivity contribution is -0.0806. The Hall–Kier alpha value is -1.39.